The van der Waals surface area contributed by atoms with E-state index >= 15 is 0 Å². The van der Waals surface area contributed by atoms with Crippen molar-refractivity contribution in [3.8, 4) is 5.75 Å². The molecule has 0 bridgehead atoms. The standard InChI is InChI=1S/C11H15NO3/c1-3-15-7-9(13)8-5-4-6-10(14-2)11(8)12/h4-6H,3,7,12H2,1-2H3. The second kappa shape index (κ2) is 5.36. The maximum absolute atomic E-state index is 11.6. The van der Waals surface area contributed by atoms with Crippen LogP contribution < -0.4 is 10.5 Å². The fourth-order valence-corrected chi connectivity index (χ4v) is 1.24. The summed E-state index contributed by atoms with van der Waals surface area (Å²) in [4.78, 5) is 11.6. The van der Waals surface area contributed by atoms with E-state index in [9.17, 15) is 4.79 Å². The number of hydrogen-bond acceptors (Lipinski definition) is 4. The number of methoxy groups -OCH3 is 1. The molecule has 0 radical (unpaired) electrons. The predicted octanol–water partition coefficient (Wildman–Crippen LogP) is 1.50. The van der Waals surface area contributed by atoms with Crippen LogP contribution in [0.5, 0.6) is 5.75 Å². The van der Waals surface area contributed by atoms with E-state index in [2.05, 4.69) is 0 Å². The highest BCUT2D eigenvalue weighted by Crippen LogP contribution is 2.24. The van der Waals surface area contributed by atoms with Crippen LogP contribution in [0.3, 0.4) is 0 Å². The third kappa shape index (κ3) is 2.70. The average molecular weight is 209 g/mol. The molecule has 15 heavy (non-hydrogen) atoms. The number of nitrogens with two attached hydrogens (primary N) is 1. The molecular weight excluding hydrogens is 194 g/mol. The number of Topliss-reactive ketones (excluding diaryl/α,β-unsaturated/α-hetero) is 1. The molecule has 0 aliphatic carbocycles. The topological polar surface area (TPSA) is 61.5 Å². The van der Waals surface area contributed by atoms with Gasteiger partial charge in [-0.25, -0.2) is 0 Å². The zero-order valence-electron chi connectivity index (χ0n) is 8.95. The normalized spacial score (nSPS) is 10.0. The van der Waals surface area contributed by atoms with Gasteiger partial charge in [0.05, 0.1) is 12.8 Å². The van der Waals surface area contributed by atoms with Gasteiger partial charge in [-0.1, -0.05) is 6.07 Å². The third-order valence-electron chi connectivity index (χ3n) is 2.02. The van der Waals surface area contributed by atoms with Crippen molar-refractivity contribution in [3.63, 3.8) is 0 Å². The van der Waals surface area contributed by atoms with Gasteiger partial charge >= 0.3 is 0 Å². The summed E-state index contributed by atoms with van der Waals surface area (Å²) in [5.74, 6) is 0.380. The molecule has 0 aliphatic heterocycles. The van der Waals surface area contributed by atoms with Gasteiger partial charge in [-0.05, 0) is 19.1 Å². The smallest absolute Gasteiger partial charge is 0.190 e. The molecule has 0 aliphatic rings. The summed E-state index contributed by atoms with van der Waals surface area (Å²) in [7, 11) is 1.52. The zero-order chi connectivity index (χ0) is 11.3. The van der Waals surface area contributed by atoms with Crippen LogP contribution >= 0.6 is 0 Å². The van der Waals surface area contributed by atoms with Crippen molar-refractivity contribution in [2.24, 2.45) is 0 Å². The van der Waals surface area contributed by atoms with Crippen LogP contribution in [-0.2, 0) is 4.74 Å². The molecule has 0 heterocycles. The number of hydrogen-bond donors (Lipinski definition) is 1. The van der Waals surface area contributed by atoms with Crippen LogP contribution in [0.1, 0.15) is 17.3 Å². The molecule has 0 aromatic heterocycles. The molecule has 0 fully saturated rings. The highest BCUT2D eigenvalue weighted by Gasteiger charge is 2.12. The van der Waals surface area contributed by atoms with E-state index in [1.807, 2.05) is 6.92 Å². The summed E-state index contributed by atoms with van der Waals surface area (Å²) >= 11 is 0. The number of nitrogen functional groups attached to an aromatic ring is 1. The largest absolute Gasteiger partial charge is 0.495 e. The second-order valence-corrected chi connectivity index (χ2v) is 2.98. The minimum absolute atomic E-state index is 0.0495. The number of carbonyl (C=O) groups excluding carboxylic acids is 1. The lowest BCUT2D eigenvalue weighted by Crippen LogP contribution is -2.11. The lowest BCUT2D eigenvalue weighted by Gasteiger charge is -2.08. The van der Waals surface area contributed by atoms with Gasteiger partial charge in [-0.15, -0.1) is 0 Å². The molecule has 1 rings (SSSR count). The quantitative estimate of drug-likeness (QED) is 0.589. The van der Waals surface area contributed by atoms with Gasteiger partial charge < -0.3 is 15.2 Å². The van der Waals surface area contributed by atoms with Crippen LogP contribution in [0.4, 0.5) is 5.69 Å². The first-order chi connectivity index (χ1) is 7.20. The zero-order valence-corrected chi connectivity index (χ0v) is 8.95. The van der Waals surface area contributed by atoms with E-state index < -0.39 is 0 Å². The van der Waals surface area contributed by atoms with E-state index in [1.165, 1.54) is 7.11 Å². The van der Waals surface area contributed by atoms with Crippen LogP contribution in [0.15, 0.2) is 18.2 Å². The summed E-state index contributed by atoms with van der Waals surface area (Å²) in [5.41, 5.74) is 6.58. The van der Waals surface area contributed by atoms with Gasteiger partial charge in [0.15, 0.2) is 5.78 Å². The van der Waals surface area contributed by atoms with Crippen molar-refractivity contribution in [1.82, 2.24) is 0 Å². The lowest BCUT2D eigenvalue weighted by molar-refractivity contribution is 0.0784. The summed E-state index contributed by atoms with van der Waals surface area (Å²) < 4.78 is 10.1. The molecular formula is C11H15NO3. The maximum atomic E-state index is 11.6. The van der Waals surface area contributed by atoms with Crippen molar-refractivity contribution in [3.05, 3.63) is 23.8 Å². The fraction of sp³-hybridized carbons (Fsp3) is 0.364. The van der Waals surface area contributed by atoms with E-state index in [1.54, 1.807) is 18.2 Å². The number of anilines is 1. The monoisotopic (exact) mass is 209 g/mol. The average Bonchev–Trinajstić information content (AvgIpc) is 2.26. The molecule has 82 valence electrons. The van der Waals surface area contributed by atoms with Gasteiger partial charge in [-0.2, -0.15) is 0 Å². The van der Waals surface area contributed by atoms with Crippen molar-refractivity contribution in [2.45, 2.75) is 6.92 Å². The number of para-hydroxylation sites is 1. The first-order valence-corrected chi connectivity index (χ1v) is 4.74. The molecule has 1 aromatic carbocycles. The molecule has 4 nitrogen and oxygen atoms in total. The fourth-order valence-electron chi connectivity index (χ4n) is 1.24. The van der Waals surface area contributed by atoms with Gasteiger partial charge in [0.2, 0.25) is 0 Å². The third-order valence-corrected chi connectivity index (χ3v) is 2.02. The highest BCUT2D eigenvalue weighted by atomic mass is 16.5. The molecule has 0 amide bonds. The molecule has 2 N–H and O–H groups in total. The van der Waals surface area contributed by atoms with Crippen LogP contribution in [0, 0.1) is 0 Å². The van der Waals surface area contributed by atoms with Gasteiger partial charge in [0, 0.05) is 12.2 Å². The Hall–Kier alpha value is -1.55. The van der Waals surface area contributed by atoms with Crippen LogP contribution in [0.2, 0.25) is 0 Å². The number of benzene rings is 1. The summed E-state index contributed by atoms with van der Waals surface area (Å²) in [6, 6.07) is 5.11. The molecule has 4 heteroatoms. The maximum Gasteiger partial charge on any atom is 0.190 e. The Morgan fingerprint density at radius 2 is 2.20 bits per heavy atom. The highest BCUT2D eigenvalue weighted by molar-refractivity contribution is 6.02. The molecule has 0 spiro atoms. The van der Waals surface area contributed by atoms with Crippen molar-refractivity contribution in [1.29, 1.82) is 0 Å². The second-order valence-electron chi connectivity index (χ2n) is 2.98. The van der Waals surface area contributed by atoms with Crippen LogP contribution in [0.25, 0.3) is 0 Å². The first kappa shape index (κ1) is 11.5. The summed E-state index contributed by atoms with van der Waals surface area (Å²) in [6.07, 6.45) is 0. The number of ketones is 1. The minimum Gasteiger partial charge on any atom is -0.495 e. The Kier molecular flexibility index (Phi) is 4.12. The molecule has 0 atom stereocenters. The van der Waals surface area contributed by atoms with Gasteiger partial charge in [-0.3, -0.25) is 4.79 Å². The van der Waals surface area contributed by atoms with Crippen molar-refractivity contribution < 1.29 is 14.3 Å². The Morgan fingerprint density at radius 3 is 2.80 bits per heavy atom. The van der Waals surface area contributed by atoms with E-state index in [0.29, 0.717) is 23.6 Å². The van der Waals surface area contributed by atoms with E-state index in [4.69, 9.17) is 15.2 Å². The van der Waals surface area contributed by atoms with Gasteiger partial charge in [0.25, 0.3) is 0 Å². The summed E-state index contributed by atoms with van der Waals surface area (Å²) in [6.45, 7) is 2.39. The summed E-state index contributed by atoms with van der Waals surface area (Å²) in [5, 5.41) is 0. The van der Waals surface area contributed by atoms with E-state index in [0.717, 1.165) is 0 Å². The number of carbonyl (C=O) groups is 1. The Balaban J connectivity index is 2.89. The van der Waals surface area contributed by atoms with Crippen molar-refractivity contribution >= 4 is 11.5 Å². The lowest BCUT2D eigenvalue weighted by atomic mass is 10.1. The minimum atomic E-state index is -0.131. The molecule has 1 aromatic rings. The van der Waals surface area contributed by atoms with Crippen molar-refractivity contribution in [2.75, 3.05) is 26.1 Å². The predicted molar refractivity (Wildman–Crippen MR) is 58.2 cm³/mol. The molecule has 0 saturated carbocycles. The van der Waals surface area contributed by atoms with Gasteiger partial charge in [0.1, 0.15) is 12.4 Å². The number of ether oxygens (including phenoxy) is 2. The Bertz CT molecular complexity index is 350. The van der Waals surface area contributed by atoms with Crippen LogP contribution in [-0.4, -0.2) is 26.1 Å². The Morgan fingerprint density at radius 1 is 1.47 bits per heavy atom. The Labute approximate surface area is 89.0 Å². The number of rotatable bonds is 5. The molecule has 0 saturated heterocycles. The molecule has 0 unspecified atom stereocenters. The van der Waals surface area contributed by atoms with E-state index in [-0.39, 0.29) is 12.4 Å². The first-order valence-electron chi connectivity index (χ1n) is 4.74. The SMILES string of the molecule is CCOCC(=O)c1cccc(OC)c1N.